The Balaban J connectivity index is 1.90. The first kappa shape index (κ1) is 18.8. The maximum Gasteiger partial charge on any atom is 0.337 e. The number of non-ortho nitro benzene ring substituents is 1. The Morgan fingerprint density at radius 2 is 1.96 bits per heavy atom. The number of benzene rings is 2. The lowest BCUT2D eigenvalue weighted by Gasteiger charge is -2.19. The fraction of sp³-hybridized carbons (Fsp3) is 0.150. The monoisotopic (exact) mass is 376 g/mol. The number of hydrogen-bond donors (Lipinski definition) is 0. The quantitative estimate of drug-likeness (QED) is 0.381. The van der Waals surface area contributed by atoms with Crippen LogP contribution >= 0.6 is 0 Å². The van der Waals surface area contributed by atoms with Crippen molar-refractivity contribution in [2.45, 2.75) is 6.54 Å². The van der Waals surface area contributed by atoms with E-state index in [0.717, 1.165) is 5.56 Å². The molecule has 0 saturated carbocycles. The number of aromatic nitrogens is 1. The number of rotatable bonds is 5. The number of pyridine rings is 1. The van der Waals surface area contributed by atoms with E-state index in [-0.39, 0.29) is 5.69 Å². The van der Waals surface area contributed by atoms with Gasteiger partial charge in [0.05, 0.1) is 34.7 Å². The number of anilines is 1. The van der Waals surface area contributed by atoms with Gasteiger partial charge in [-0.1, -0.05) is 12.1 Å². The maximum atomic E-state index is 11.5. The number of ether oxygens (including phenoxy) is 1. The zero-order chi connectivity index (χ0) is 20.3. The molecular weight excluding hydrogens is 360 g/mol. The Kier molecular flexibility index (Phi) is 5.18. The van der Waals surface area contributed by atoms with E-state index in [0.29, 0.717) is 34.4 Å². The highest BCUT2D eigenvalue weighted by molar-refractivity contribution is 5.89. The van der Waals surface area contributed by atoms with Crippen molar-refractivity contribution in [1.29, 1.82) is 5.26 Å². The van der Waals surface area contributed by atoms with Crippen molar-refractivity contribution < 1.29 is 14.5 Å². The summed E-state index contributed by atoms with van der Waals surface area (Å²) in [6.45, 7) is 0.498. The number of carbonyl (C=O) groups excluding carboxylic acids is 1. The van der Waals surface area contributed by atoms with Crippen molar-refractivity contribution in [3.63, 3.8) is 0 Å². The first-order chi connectivity index (χ1) is 13.4. The smallest absolute Gasteiger partial charge is 0.337 e. The molecule has 0 saturated heterocycles. The van der Waals surface area contributed by atoms with Crippen LogP contribution in [0.4, 0.5) is 11.5 Å². The van der Waals surface area contributed by atoms with Crippen molar-refractivity contribution >= 4 is 28.4 Å². The van der Waals surface area contributed by atoms with E-state index in [2.05, 4.69) is 15.8 Å². The molecule has 1 heterocycles. The van der Waals surface area contributed by atoms with Crippen LogP contribution < -0.4 is 4.90 Å². The lowest BCUT2D eigenvalue weighted by atomic mass is 10.1. The fourth-order valence-corrected chi connectivity index (χ4v) is 2.82. The number of fused-ring (bicyclic) bond motifs is 1. The van der Waals surface area contributed by atoms with Gasteiger partial charge in [0.2, 0.25) is 0 Å². The molecule has 0 amide bonds. The molecule has 0 spiro atoms. The summed E-state index contributed by atoms with van der Waals surface area (Å²) >= 11 is 0. The topological polar surface area (TPSA) is 109 Å². The Morgan fingerprint density at radius 1 is 1.25 bits per heavy atom. The van der Waals surface area contributed by atoms with E-state index < -0.39 is 10.9 Å². The third-order valence-corrected chi connectivity index (χ3v) is 4.30. The highest BCUT2D eigenvalue weighted by Crippen LogP contribution is 2.26. The van der Waals surface area contributed by atoms with Crippen molar-refractivity contribution in [1.82, 2.24) is 4.98 Å². The molecule has 0 aliphatic rings. The number of nitrogens with zero attached hydrogens (tertiary/aromatic N) is 4. The van der Waals surface area contributed by atoms with Gasteiger partial charge >= 0.3 is 5.97 Å². The first-order valence-electron chi connectivity index (χ1n) is 8.30. The van der Waals surface area contributed by atoms with Crippen LogP contribution in [0, 0.1) is 21.4 Å². The van der Waals surface area contributed by atoms with Crippen LogP contribution in [0.25, 0.3) is 10.9 Å². The summed E-state index contributed by atoms with van der Waals surface area (Å²) in [5.41, 5.74) is 2.15. The lowest BCUT2D eigenvalue weighted by molar-refractivity contribution is -0.384. The Hall–Kier alpha value is -3.99. The molecule has 0 fully saturated rings. The second-order valence-corrected chi connectivity index (χ2v) is 6.14. The molecular formula is C20H16N4O4. The second kappa shape index (κ2) is 7.72. The Morgan fingerprint density at radius 3 is 2.57 bits per heavy atom. The third kappa shape index (κ3) is 3.73. The molecule has 0 radical (unpaired) electrons. The van der Waals surface area contributed by atoms with Gasteiger partial charge in [0.25, 0.3) is 5.69 Å². The van der Waals surface area contributed by atoms with E-state index >= 15 is 0 Å². The number of nitriles is 1. The van der Waals surface area contributed by atoms with E-state index in [1.54, 1.807) is 18.2 Å². The molecule has 0 N–H and O–H groups in total. The molecule has 8 nitrogen and oxygen atoms in total. The van der Waals surface area contributed by atoms with E-state index in [1.165, 1.54) is 25.3 Å². The molecule has 3 aromatic rings. The van der Waals surface area contributed by atoms with Gasteiger partial charge in [0, 0.05) is 31.1 Å². The van der Waals surface area contributed by atoms with Crippen LogP contribution in [0.2, 0.25) is 0 Å². The lowest BCUT2D eigenvalue weighted by Crippen LogP contribution is -2.18. The van der Waals surface area contributed by atoms with Gasteiger partial charge in [-0.3, -0.25) is 10.1 Å². The third-order valence-electron chi connectivity index (χ3n) is 4.30. The summed E-state index contributed by atoms with van der Waals surface area (Å²) in [6, 6.07) is 15.0. The number of nitro groups is 1. The van der Waals surface area contributed by atoms with Crippen molar-refractivity contribution in [2.75, 3.05) is 19.1 Å². The molecule has 3 rings (SSSR count). The molecule has 2 aromatic carbocycles. The molecule has 140 valence electrons. The SMILES string of the molecule is COC(=O)c1ccc(CN(C)c2cc(C#N)c3cc([N+](=O)[O-])ccc3n2)cc1. The number of hydrogen-bond acceptors (Lipinski definition) is 7. The van der Waals surface area contributed by atoms with Gasteiger partial charge in [0.1, 0.15) is 5.82 Å². The average Bonchev–Trinajstić information content (AvgIpc) is 2.72. The standard InChI is InChI=1S/C20H16N4O4/c1-23(12-13-3-5-14(6-4-13)20(25)28-2)19-9-15(11-21)17-10-16(24(26)27)7-8-18(17)22-19/h3-10H,12H2,1-2H3. The Labute approximate surface area is 160 Å². The first-order valence-corrected chi connectivity index (χ1v) is 8.30. The zero-order valence-electron chi connectivity index (χ0n) is 15.2. The fourth-order valence-electron chi connectivity index (χ4n) is 2.82. The molecule has 0 aliphatic heterocycles. The number of esters is 1. The van der Waals surface area contributed by atoms with E-state index in [1.807, 2.05) is 24.1 Å². The van der Waals surface area contributed by atoms with Crippen LogP contribution in [0.5, 0.6) is 0 Å². The van der Waals surface area contributed by atoms with Crippen LogP contribution in [0.15, 0.2) is 48.5 Å². The summed E-state index contributed by atoms with van der Waals surface area (Å²) < 4.78 is 4.68. The minimum atomic E-state index is -0.501. The highest BCUT2D eigenvalue weighted by atomic mass is 16.6. The predicted molar refractivity (Wildman–Crippen MR) is 103 cm³/mol. The normalized spacial score (nSPS) is 10.3. The molecule has 28 heavy (non-hydrogen) atoms. The minimum Gasteiger partial charge on any atom is -0.465 e. The van der Waals surface area contributed by atoms with Crippen molar-refractivity contribution in [2.24, 2.45) is 0 Å². The molecule has 0 aliphatic carbocycles. The number of methoxy groups -OCH3 is 1. The summed E-state index contributed by atoms with van der Waals surface area (Å²) in [6.07, 6.45) is 0. The molecule has 0 unspecified atom stereocenters. The van der Waals surface area contributed by atoms with E-state index in [9.17, 15) is 20.2 Å². The number of nitro benzene ring substituents is 1. The minimum absolute atomic E-state index is 0.0856. The molecule has 8 heteroatoms. The molecule has 0 atom stereocenters. The molecule has 0 bridgehead atoms. The maximum absolute atomic E-state index is 11.5. The van der Waals surface area contributed by atoms with Gasteiger partial charge in [-0.15, -0.1) is 0 Å². The summed E-state index contributed by atoms with van der Waals surface area (Å²) in [5.74, 6) is 0.166. The summed E-state index contributed by atoms with van der Waals surface area (Å²) in [7, 11) is 3.16. The van der Waals surface area contributed by atoms with Gasteiger partial charge < -0.3 is 9.64 Å². The van der Waals surface area contributed by atoms with Gasteiger partial charge in [-0.2, -0.15) is 5.26 Å². The average molecular weight is 376 g/mol. The van der Waals surface area contributed by atoms with E-state index in [4.69, 9.17) is 0 Å². The van der Waals surface area contributed by atoms with Gasteiger partial charge in [-0.25, -0.2) is 9.78 Å². The number of carbonyl (C=O) groups is 1. The predicted octanol–water partition coefficient (Wildman–Crippen LogP) is 3.44. The van der Waals surface area contributed by atoms with Crippen molar-refractivity contribution in [3.05, 3.63) is 75.3 Å². The zero-order valence-corrected chi connectivity index (χ0v) is 15.2. The van der Waals surface area contributed by atoms with Crippen molar-refractivity contribution in [3.8, 4) is 6.07 Å². The molecule has 1 aromatic heterocycles. The van der Waals surface area contributed by atoms with Crippen LogP contribution in [-0.2, 0) is 11.3 Å². The highest BCUT2D eigenvalue weighted by Gasteiger charge is 2.14. The second-order valence-electron chi connectivity index (χ2n) is 6.14. The van der Waals surface area contributed by atoms with Gasteiger partial charge in [0.15, 0.2) is 0 Å². The van der Waals surface area contributed by atoms with Gasteiger partial charge in [-0.05, 0) is 29.8 Å². The Bertz CT molecular complexity index is 1100. The summed E-state index contributed by atoms with van der Waals surface area (Å²) in [4.78, 5) is 28.4. The summed E-state index contributed by atoms with van der Waals surface area (Å²) in [5, 5.41) is 20.9. The van der Waals surface area contributed by atoms with Crippen LogP contribution in [-0.4, -0.2) is 30.0 Å². The van der Waals surface area contributed by atoms with Crippen LogP contribution in [0.1, 0.15) is 21.5 Å². The largest absolute Gasteiger partial charge is 0.465 e. The van der Waals surface area contributed by atoms with Crippen LogP contribution in [0.3, 0.4) is 0 Å².